The smallest absolute Gasteiger partial charge is 0.242 e. The van der Waals surface area contributed by atoms with E-state index in [-0.39, 0.29) is 35.2 Å². The number of nitrogens with zero attached hydrogens (tertiary/aromatic N) is 1. The summed E-state index contributed by atoms with van der Waals surface area (Å²) in [4.78, 5) is 27.4. The molecule has 7 heteroatoms. The minimum atomic E-state index is -0.625. The molecule has 0 spiro atoms. The van der Waals surface area contributed by atoms with Crippen LogP contribution in [0.3, 0.4) is 0 Å². The van der Waals surface area contributed by atoms with Crippen molar-refractivity contribution in [3.05, 3.63) is 70.0 Å². The summed E-state index contributed by atoms with van der Waals surface area (Å²) in [5.74, 6) is -0.339. The van der Waals surface area contributed by atoms with Crippen LogP contribution in [0, 0.1) is 12.7 Å². The number of thioether (sulfide) groups is 1. The number of amides is 2. The number of hydrogen-bond donors (Lipinski definition) is 1. The molecule has 0 radical (unpaired) electrons. The average molecular weight is 465 g/mol. The highest BCUT2D eigenvalue weighted by Gasteiger charge is 2.26. The largest absolute Gasteiger partial charge is 0.352 e. The molecule has 0 aliphatic carbocycles. The SMILES string of the molecule is CC[C@@H](C)NC(=O)[C@@H](C)N(Cc1cccc(C)c1)C(=O)CSCc1c(F)cccc1Cl. The lowest BCUT2D eigenvalue weighted by Crippen LogP contribution is -2.50. The lowest BCUT2D eigenvalue weighted by Gasteiger charge is -2.29. The van der Waals surface area contributed by atoms with E-state index in [0.717, 1.165) is 17.5 Å². The van der Waals surface area contributed by atoms with Gasteiger partial charge < -0.3 is 10.2 Å². The van der Waals surface area contributed by atoms with Gasteiger partial charge in [-0.25, -0.2) is 4.39 Å². The summed E-state index contributed by atoms with van der Waals surface area (Å²) in [6, 6.07) is 11.8. The molecule has 0 saturated heterocycles. The second-order valence-electron chi connectivity index (χ2n) is 7.70. The number of halogens is 2. The van der Waals surface area contributed by atoms with Crippen molar-refractivity contribution in [2.45, 2.75) is 58.5 Å². The molecule has 2 rings (SSSR count). The van der Waals surface area contributed by atoms with Gasteiger partial charge in [-0.15, -0.1) is 11.8 Å². The Morgan fingerprint density at radius 1 is 1.19 bits per heavy atom. The second kappa shape index (κ2) is 12.1. The summed E-state index contributed by atoms with van der Waals surface area (Å²) in [6.45, 7) is 7.99. The van der Waals surface area contributed by atoms with Crippen LogP contribution in [0.2, 0.25) is 5.02 Å². The van der Waals surface area contributed by atoms with E-state index in [2.05, 4.69) is 5.32 Å². The molecular weight excluding hydrogens is 435 g/mol. The maximum absolute atomic E-state index is 14.0. The van der Waals surface area contributed by atoms with Crippen molar-refractivity contribution < 1.29 is 14.0 Å². The van der Waals surface area contributed by atoms with Gasteiger partial charge in [0.05, 0.1) is 5.75 Å². The summed E-state index contributed by atoms with van der Waals surface area (Å²) in [5, 5.41) is 3.30. The number of hydrogen-bond acceptors (Lipinski definition) is 3. The average Bonchev–Trinajstić information content (AvgIpc) is 2.73. The van der Waals surface area contributed by atoms with Crippen LogP contribution >= 0.6 is 23.4 Å². The molecule has 0 saturated carbocycles. The molecule has 0 bridgehead atoms. The Morgan fingerprint density at radius 2 is 1.90 bits per heavy atom. The summed E-state index contributed by atoms with van der Waals surface area (Å²) < 4.78 is 14.0. The topological polar surface area (TPSA) is 49.4 Å². The van der Waals surface area contributed by atoms with Gasteiger partial charge in [-0.2, -0.15) is 0 Å². The Bertz CT molecular complexity index is 889. The van der Waals surface area contributed by atoms with Gasteiger partial charge in [-0.05, 0) is 44.9 Å². The molecule has 1 N–H and O–H groups in total. The lowest BCUT2D eigenvalue weighted by molar-refractivity contribution is -0.138. The number of carbonyl (C=O) groups excluding carboxylic acids is 2. The molecule has 2 amide bonds. The zero-order chi connectivity index (χ0) is 23.0. The van der Waals surface area contributed by atoms with Gasteiger partial charge in [-0.3, -0.25) is 9.59 Å². The third kappa shape index (κ3) is 7.54. The third-order valence-corrected chi connectivity index (χ3v) is 6.44. The second-order valence-corrected chi connectivity index (χ2v) is 9.09. The van der Waals surface area contributed by atoms with Crippen LogP contribution in [-0.2, 0) is 21.9 Å². The van der Waals surface area contributed by atoms with Crippen molar-refractivity contribution >= 4 is 35.2 Å². The van der Waals surface area contributed by atoms with Crippen LogP contribution in [0.4, 0.5) is 4.39 Å². The molecule has 0 aromatic heterocycles. The Kier molecular flexibility index (Phi) is 9.85. The van der Waals surface area contributed by atoms with Crippen molar-refractivity contribution in [1.82, 2.24) is 10.2 Å². The van der Waals surface area contributed by atoms with Crippen LogP contribution in [0.15, 0.2) is 42.5 Å². The fraction of sp³-hybridized carbons (Fsp3) is 0.417. The molecule has 0 aliphatic heterocycles. The fourth-order valence-corrected chi connectivity index (χ4v) is 4.30. The molecule has 4 nitrogen and oxygen atoms in total. The van der Waals surface area contributed by atoms with E-state index < -0.39 is 6.04 Å². The number of nitrogens with one attached hydrogen (secondary N) is 1. The van der Waals surface area contributed by atoms with E-state index in [4.69, 9.17) is 11.6 Å². The van der Waals surface area contributed by atoms with Crippen LogP contribution in [0.5, 0.6) is 0 Å². The van der Waals surface area contributed by atoms with Gasteiger partial charge in [0.2, 0.25) is 11.8 Å². The van der Waals surface area contributed by atoms with Crippen molar-refractivity contribution in [3.63, 3.8) is 0 Å². The van der Waals surface area contributed by atoms with Crippen LogP contribution < -0.4 is 5.32 Å². The van der Waals surface area contributed by atoms with Crippen LogP contribution in [0.25, 0.3) is 0 Å². The molecule has 0 aliphatic rings. The predicted molar refractivity (Wildman–Crippen MR) is 127 cm³/mol. The van der Waals surface area contributed by atoms with Crippen LogP contribution in [-0.4, -0.2) is 34.6 Å². The number of benzene rings is 2. The van der Waals surface area contributed by atoms with E-state index in [1.165, 1.54) is 17.8 Å². The maximum atomic E-state index is 14.0. The van der Waals surface area contributed by atoms with Crippen molar-refractivity contribution in [2.75, 3.05) is 5.75 Å². The summed E-state index contributed by atoms with van der Waals surface area (Å²) in [7, 11) is 0. The zero-order valence-corrected chi connectivity index (χ0v) is 20.0. The number of carbonyl (C=O) groups is 2. The van der Waals surface area contributed by atoms with Gasteiger partial charge in [0, 0.05) is 28.9 Å². The first-order chi connectivity index (χ1) is 14.7. The first-order valence-corrected chi connectivity index (χ1v) is 11.9. The molecule has 0 fully saturated rings. The Balaban J connectivity index is 2.12. The molecule has 168 valence electrons. The molecule has 0 heterocycles. The summed E-state index contributed by atoms with van der Waals surface area (Å²) >= 11 is 7.37. The molecule has 2 aromatic rings. The van der Waals surface area contributed by atoms with Gasteiger partial charge in [0.1, 0.15) is 11.9 Å². The van der Waals surface area contributed by atoms with E-state index in [1.807, 2.05) is 45.0 Å². The Hall–Kier alpha value is -2.05. The van der Waals surface area contributed by atoms with E-state index >= 15 is 0 Å². The minimum Gasteiger partial charge on any atom is -0.352 e. The predicted octanol–water partition coefficient (Wildman–Crippen LogP) is 5.35. The van der Waals surface area contributed by atoms with Gasteiger partial charge in [-0.1, -0.05) is 54.4 Å². The molecule has 0 unspecified atom stereocenters. The Labute approximate surface area is 193 Å². The first kappa shape index (κ1) is 25.2. The molecule has 2 aromatic carbocycles. The zero-order valence-electron chi connectivity index (χ0n) is 18.5. The Morgan fingerprint density at radius 3 is 2.55 bits per heavy atom. The maximum Gasteiger partial charge on any atom is 0.242 e. The number of rotatable bonds is 10. The van der Waals surface area contributed by atoms with Crippen molar-refractivity contribution in [1.29, 1.82) is 0 Å². The lowest BCUT2D eigenvalue weighted by atomic mass is 10.1. The molecule has 31 heavy (non-hydrogen) atoms. The fourth-order valence-electron chi connectivity index (χ4n) is 3.05. The van der Waals surface area contributed by atoms with Crippen LogP contribution in [0.1, 0.15) is 43.9 Å². The highest BCUT2D eigenvalue weighted by molar-refractivity contribution is 7.99. The van der Waals surface area contributed by atoms with Gasteiger partial charge >= 0.3 is 0 Å². The first-order valence-electron chi connectivity index (χ1n) is 10.4. The highest BCUT2D eigenvalue weighted by atomic mass is 35.5. The highest BCUT2D eigenvalue weighted by Crippen LogP contribution is 2.24. The van der Waals surface area contributed by atoms with Crippen molar-refractivity contribution in [2.24, 2.45) is 0 Å². The molecule has 2 atom stereocenters. The molecular formula is C24H30ClFN2O2S. The monoisotopic (exact) mass is 464 g/mol. The summed E-state index contributed by atoms with van der Waals surface area (Å²) in [6.07, 6.45) is 0.809. The minimum absolute atomic E-state index is 0.0310. The number of aryl methyl sites for hydroxylation is 1. The normalized spacial score (nSPS) is 12.8. The van der Waals surface area contributed by atoms with E-state index in [1.54, 1.807) is 24.0 Å². The van der Waals surface area contributed by atoms with E-state index in [9.17, 15) is 14.0 Å². The van der Waals surface area contributed by atoms with Gasteiger partial charge in [0.15, 0.2) is 0 Å². The quantitative estimate of drug-likeness (QED) is 0.515. The third-order valence-electron chi connectivity index (χ3n) is 5.14. The van der Waals surface area contributed by atoms with Gasteiger partial charge in [0.25, 0.3) is 0 Å². The summed E-state index contributed by atoms with van der Waals surface area (Å²) in [5.41, 5.74) is 2.43. The van der Waals surface area contributed by atoms with E-state index in [0.29, 0.717) is 17.1 Å². The standard InChI is InChI=1S/C24H30ClFN2O2S/c1-5-17(3)27-24(30)18(4)28(13-19-9-6-8-16(2)12-19)23(29)15-31-14-20-21(25)10-7-11-22(20)26/h6-12,17-18H,5,13-15H2,1-4H3,(H,27,30)/t17-,18-/m1/s1. The van der Waals surface area contributed by atoms with Crippen molar-refractivity contribution in [3.8, 4) is 0 Å².